The number of rotatable bonds is 1. The summed E-state index contributed by atoms with van der Waals surface area (Å²) in [7, 11) is 1.35. The van der Waals surface area contributed by atoms with Crippen LogP contribution < -0.4 is 4.74 Å². The molecule has 3 aromatic rings. The number of carbonyl (C=O) groups excluding carboxylic acids is 1. The number of hydrogen-bond donors (Lipinski definition) is 0. The number of nitrogens with zero attached hydrogens (tertiary/aromatic N) is 2. The first kappa shape index (κ1) is 14.8. The highest BCUT2D eigenvalue weighted by Gasteiger charge is 2.23. The lowest BCUT2D eigenvalue weighted by atomic mass is 10.1. The van der Waals surface area contributed by atoms with Gasteiger partial charge in [0, 0.05) is 10.6 Å². The molecular formula is C18H13ClN2O3. The van der Waals surface area contributed by atoms with E-state index in [-0.39, 0.29) is 0 Å². The number of aromatic nitrogens is 2. The second-order valence-corrected chi connectivity index (χ2v) is 5.94. The maximum absolute atomic E-state index is 11.8. The van der Waals surface area contributed by atoms with E-state index in [9.17, 15) is 4.79 Å². The summed E-state index contributed by atoms with van der Waals surface area (Å²) >= 11 is 6.15. The predicted octanol–water partition coefficient (Wildman–Crippen LogP) is 4.39. The molecule has 0 spiro atoms. The quantitative estimate of drug-likeness (QED) is 0.482. The number of fused-ring (bicyclic) bond motifs is 5. The van der Waals surface area contributed by atoms with Crippen LogP contribution >= 0.6 is 11.6 Å². The Morgan fingerprint density at radius 3 is 2.79 bits per heavy atom. The van der Waals surface area contributed by atoms with Gasteiger partial charge in [-0.05, 0) is 49.4 Å². The summed E-state index contributed by atoms with van der Waals surface area (Å²) in [6.07, 6.45) is 0. The summed E-state index contributed by atoms with van der Waals surface area (Å²) in [5.41, 5.74) is 3.77. The molecule has 0 radical (unpaired) electrons. The van der Waals surface area contributed by atoms with E-state index in [2.05, 4.69) is 5.10 Å². The van der Waals surface area contributed by atoms with Crippen LogP contribution in [-0.2, 0) is 4.74 Å². The molecular weight excluding hydrogens is 328 g/mol. The molecule has 0 amide bonds. The minimum atomic E-state index is -0.418. The standard InChI is InChI=1S/C18H13ClN2O3/c1-10-7-15-13-9-12(19)4-6-16(13)24-17-8-11(18(22)23-2)3-5-14(17)21(15)20-10/h3-9H,1-2H3. The van der Waals surface area contributed by atoms with Gasteiger partial charge in [0.2, 0.25) is 0 Å². The molecule has 5 nitrogen and oxygen atoms in total. The summed E-state index contributed by atoms with van der Waals surface area (Å²) in [6, 6.07) is 12.5. The lowest BCUT2D eigenvalue weighted by Gasteiger charge is -2.10. The number of aryl methyl sites for hydroxylation is 1. The van der Waals surface area contributed by atoms with Gasteiger partial charge in [-0.15, -0.1) is 0 Å². The van der Waals surface area contributed by atoms with Crippen molar-refractivity contribution in [2.75, 3.05) is 7.11 Å². The van der Waals surface area contributed by atoms with Crippen LogP contribution in [-0.4, -0.2) is 22.9 Å². The topological polar surface area (TPSA) is 53.4 Å². The van der Waals surface area contributed by atoms with Crippen LogP contribution in [0.4, 0.5) is 0 Å². The Hall–Kier alpha value is -2.79. The Morgan fingerprint density at radius 1 is 1.17 bits per heavy atom. The van der Waals surface area contributed by atoms with Gasteiger partial charge in [0.25, 0.3) is 0 Å². The Morgan fingerprint density at radius 2 is 2.00 bits per heavy atom. The van der Waals surface area contributed by atoms with Crippen molar-refractivity contribution in [2.24, 2.45) is 0 Å². The molecule has 120 valence electrons. The first-order valence-electron chi connectivity index (χ1n) is 7.34. The minimum Gasteiger partial charge on any atom is -0.465 e. The number of ether oxygens (including phenoxy) is 2. The van der Waals surface area contributed by atoms with Gasteiger partial charge in [0.05, 0.1) is 24.1 Å². The second kappa shape index (κ2) is 5.39. The molecule has 0 N–H and O–H groups in total. The van der Waals surface area contributed by atoms with Gasteiger partial charge in [-0.3, -0.25) is 0 Å². The van der Waals surface area contributed by atoms with Crippen LogP contribution in [0.15, 0.2) is 42.5 Å². The van der Waals surface area contributed by atoms with Crippen LogP contribution in [0.2, 0.25) is 5.02 Å². The number of carbonyl (C=O) groups is 1. The van der Waals surface area contributed by atoms with Gasteiger partial charge in [-0.2, -0.15) is 5.10 Å². The highest BCUT2D eigenvalue weighted by molar-refractivity contribution is 6.31. The molecule has 0 atom stereocenters. The molecule has 4 rings (SSSR count). The average Bonchev–Trinajstić information content (AvgIpc) is 2.92. The van der Waals surface area contributed by atoms with E-state index in [0.29, 0.717) is 22.1 Å². The first-order chi connectivity index (χ1) is 11.6. The highest BCUT2D eigenvalue weighted by Crippen LogP contribution is 2.42. The SMILES string of the molecule is COC(=O)c1ccc2c(c1)Oc1ccc(Cl)cc1-c1cc(C)nn1-2. The summed E-state index contributed by atoms with van der Waals surface area (Å²) < 4.78 is 12.6. The molecule has 0 fully saturated rings. The molecule has 0 bridgehead atoms. The Balaban J connectivity index is 2.00. The lowest BCUT2D eigenvalue weighted by molar-refractivity contribution is 0.0600. The molecule has 2 aromatic carbocycles. The number of hydrogen-bond acceptors (Lipinski definition) is 4. The van der Waals surface area contributed by atoms with Crippen LogP contribution in [0.3, 0.4) is 0 Å². The number of methoxy groups -OCH3 is 1. The Kier molecular flexibility index (Phi) is 3.32. The zero-order valence-electron chi connectivity index (χ0n) is 13.0. The molecule has 1 aromatic heterocycles. The van der Waals surface area contributed by atoms with E-state index in [0.717, 1.165) is 22.6 Å². The summed E-state index contributed by atoms with van der Waals surface area (Å²) in [6.45, 7) is 1.93. The molecule has 2 heterocycles. The normalized spacial score (nSPS) is 11.6. The van der Waals surface area contributed by atoms with E-state index in [4.69, 9.17) is 21.1 Å². The maximum atomic E-state index is 11.8. The van der Waals surface area contributed by atoms with E-state index in [1.54, 1.807) is 28.9 Å². The van der Waals surface area contributed by atoms with Crippen molar-refractivity contribution in [3.05, 3.63) is 58.7 Å². The van der Waals surface area contributed by atoms with Crippen molar-refractivity contribution in [3.63, 3.8) is 0 Å². The average molecular weight is 341 g/mol. The van der Waals surface area contributed by atoms with Crippen molar-refractivity contribution >= 4 is 17.6 Å². The monoisotopic (exact) mass is 340 g/mol. The third-order valence-corrected chi connectivity index (χ3v) is 4.11. The summed E-state index contributed by atoms with van der Waals surface area (Å²) in [5.74, 6) is 0.767. The summed E-state index contributed by atoms with van der Waals surface area (Å²) in [4.78, 5) is 11.8. The molecule has 1 aliphatic heterocycles. The first-order valence-corrected chi connectivity index (χ1v) is 7.72. The van der Waals surface area contributed by atoms with Crippen molar-refractivity contribution in [2.45, 2.75) is 6.92 Å². The van der Waals surface area contributed by atoms with Gasteiger partial charge in [-0.25, -0.2) is 9.48 Å². The third-order valence-electron chi connectivity index (χ3n) is 3.88. The third kappa shape index (κ3) is 2.25. The van der Waals surface area contributed by atoms with Gasteiger partial charge in [0.15, 0.2) is 5.75 Å². The molecule has 0 saturated heterocycles. The molecule has 0 aliphatic carbocycles. The van der Waals surface area contributed by atoms with Gasteiger partial charge in [0.1, 0.15) is 11.4 Å². The van der Waals surface area contributed by atoms with E-state index < -0.39 is 5.97 Å². The fourth-order valence-corrected chi connectivity index (χ4v) is 2.97. The van der Waals surface area contributed by atoms with Crippen LogP contribution in [0.1, 0.15) is 16.1 Å². The van der Waals surface area contributed by atoms with Crippen molar-refractivity contribution in [3.8, 4) is 28.4 Å². The lowest BCUT2D eigenvalue weighted by Crippen LogP contribution is -2.04. The zero-order chi connectivity index (χ0) is 16.8. The van der Waals surface area contributed by atoms with E-state index in [1.165, 1.54) is 7.11 Å². The van der Waals surface area contributed by atoms with Crippen LogP contribution in [0.5, 0.6) is 11.5 Å². The molecule has 24 heavy (non-hydrogen) atoms. The Bertz CT molecular complexity index is 978. The zero-order valence-corrected chi connectivity index (χ0v) is 13.8. The molecule has 1 aliphatic rings. The minimum absolute atomic E-state index is 0.416. The van der Waals surface area contributed by atoms with Crippen LogP contribution in [0, 0.1) is 6.92 Å². The highest BCUT2D eigenvalue weighted by atomic mass is 35.5. The van der Waals surface area contributed by atoms with Crippen molar-refractivity contribution < 1.29 is 14.3 Å². The van der Waals surface area contributed by atoms with E-state index >= 15 is 0 Å². The Labute approximate surface area is 143 Å². The van der Waals surface area contributed by atoms with Gasteiger partial charge >= 0.3 is 5.97 Å². The fraction of sp³-hybridized carbons (Fsp3) is 0.111. The van der Waals surface area contributed by atoms with Gasteiger partial charge < -0.3 is 9.47 Å². The number of benzene rings is 2. The maximum Gasteiger partial charge on any atom is 0.337 e. The molecule has 0 saturated carbocycles. The predicted molar refractivity (Wildman–Crippen MR) is 90.2 cm³/mol. The molecule has 0 unspecified atom stereocenters. The van der Waals surface area contributed by atoms with Crippen LogP contribution in [0.25, 0.3) is 16.9 Å². The largest absolute Gasteiger partial charge is 0.465 e. The molecule has 6 heteroatoms. The van der Waals surface area contributed by atoms with Crippen molar-refractivity contribution in [1.82, 2.24) is 9.78 Å². The van der Waals surface area contributed by atoms with Gasteiger partial charge in [-0.1, -0.05) is 11.6 Å². The number of halogens is 1. The van der Waals surface area contributed by atoms with E-state index in [1.807, 2.05) is 25.1 Å². The second-order valence-electron chi connectivity index (χ2n) is 5.50. The fourth-order valence-electron chi connectivity index (χ4n) is 2.80. The summed E-state index contributed by atoms with van der Waals surface area (Å²) in [5, 5.41) is 5.17. The smallest absolute Gasteiger partial charge is 0.337 e. The van der Waals surface area contributed by atoms with Crippen molar-refractivity contribution in [1.29, 1.82) is 0 Å². The number of esters is 1.